The molecule has 3 nitrogen and oxygen atoms in total. The van der Waals surface area contributed by atoms with Crippen molar-refractivity contribution in [1.82, 2.24) is 0 Å². The Balaban J connectivity index is 2.92. The molecule has 0 saturated carbocycles. The van der Waals surface area contributed by atoms with Crippen LogP contribution in [0.15, 0.2) is 24.3 Å². The van der Waals surface area contributed by atoms with Gasteiger partial charge in [0.25, 0.3) is 0 Å². The minimum Gasteiger partial charge on any atom is -0.481 e. The molecule has 0 atom stereocenters. The van der Waals surface area contributed by atoms with E-state index in [1.165, 1.54) is 0 Å². The normalized spacial score (nSPS) is 8.80. The lowest BCUT2D eigenvalue weighted by Gasteiger charge is -1.99. The van der Waals surface area contributed by atoms with E-state index >= 15 is 0 Å². The number of carboxylic acid groups (broad SMARTS) is 1. The second-order valence-electron chi connectivity index (χ2n) is 2.90. The Morgan fingerprint density at radius 1 is 1.40 bits per heavy atom. The third kappa shape index (κ3) is 3.65. The van der Waals surface area contributed by atoms with Crippen LogP contribution in [-0.4, -0.2) is 17.4 Å². The fourth-order valence-electron chi connectivity index (χ4n) is 1.15. The Hall–Kier alpha value is -2.08. The van der Waals surface area contributed by atoms with Crippen molar-refractivity contribution in [2.75, 3.05) is 0 Å². The summed E-state index contributed by atoms with van der Waals surface area (Å²) in [6.07, 6.45) is 0.833. The van der Waals surface area contributed by atoms with Crippen LogP contribution in [0.3, 0.4) is 0 Å². The molecular weight excluding hydrogens is 192 g/mol. The van der Waals surface area contributed by atoms with Gasteiger partial charge in [0.05, 0.1) is 12.8 Å². The molecule has 0 bridgehead atoms. The van der Waals surface area contributed by atoms with Gasteiger partial charge in [-0.2, -0.15) is 0 Å². The molecule has 3 heteroatoms. The summed E-state index contributed by atoms with van der Waals surface area (Å²) in [5.74, 6) is 4.54. The monoisotopic (exact) mass is 202 g/mol. The molecule has 15 heavy (non-hydrogen) atoms. The first-order chi connectivity index (χ1) is 7.24. The first kappa shape index (κ1) is 11.0. The predicted molar refractivity (Wildman–Crippen MR) is 55.3 cm³/mol. The summed E-state index contributed by atoms with van der Waals surface area (Å²) in [5, 5.41) is 8.66. The van der Waals surface area contributed by atoms with Crippen molar-refractivity contribution >= 4 is 12.3 Å². The Bertz CT molecular complexity index is 424. The van der Waals surface area contributed by atoms with Crippen LogP contribution in [0.25, 0.3) is 0 Å². The van der Waals surface area contributed by atoms with Crippen molar-refractivity contribution in [3.05, 3.63) is 35.4 Å². The highest BCUT2D eigenvalue weighted by Gasteiger charge is 2.03. The number of benzene rings is 1. The number of rotatable bonds is 3. The quantitative estimate of drug-likeness (QED) is 0.593. The predicted octanol–water partition coefficient (Wildman–Crippen LogP) is 1.25. The second-order valence-corrected chi connectivity index (χ2v) is 2.90. The van der Waals surface area contributed by atoms with Crippen LogP contribution >= 0.6 is 0 Å². The van der Waals surface area contributed by atoms with Crippen molar-refractivity contribution < 1.29 is 14.7 Å². The maximum Gasteiger partial charge on any atom is 0.307 e. The molecule has 0 aliphatic carbocycles. The largest absolute Gasteiger partial charge is 0.481 e. The molecule has 0 aliphatic rings. The van der Waals surface area contributed by atoms with Gasteiger partial charge < -0.3 is 9.90 Å². The summed E-state index contributed by atoms with van der Waals surface area (Å²) >= 11 is 0. The van der Waals surface area contributed by atoms with Crippen LogP contribution in [0.4, 0.5) is 0 Å². The highest BCUT2D eigenvalue weighted by molar-refractivity contribution is 5.71. The molecule has 0 aromatic heterocycles. The van der Waals surface area contributed by atoms with E-state index in [9.17, 15) is 9.59 Å². The van der Waals surface area contributed by atoms with Gasteiger partial charge in [0.1, 0.15) is 6.29 Å². The highest BCUT2D eigenvalue weighted by Crippen LogP contribution is 2.07. The van der Waals surface area contributed by atoms with Gasteiger partial charge in [-0.3, -0.25) is 4.79 Å². The number of carbonyl (C=O) groups is 2. The van der Waals surface area contributed by atoms with E-state index in [0.29, 0.717) is 17.4 Å². The minimum absolute atomic E-state index is 0.0497. The second kappa shape index (κ2) is 5.61. The first-order valence-corrected chi connectivity index (χ1v) is 4.46. The molecule has 1 N–H and O–H groups in total. The maximum atomic E-state index is 10.5. The molecule has 0 saturated heterocycles. The van der Waals surface area contributed by atoms with Gasteiger partial charge >= 0.3 is 5.97 Å². The summed E-state index contributed by atoms with van der Waals surface area (Å²) in [5.41, 5.74) is 1.34. The minimum atomic E-state index is -0.889. The molecule has 76 valence electrons. The van der Waals surface area contributed by atoms with Crippen molar-refractivity contribution in [2.45, 2.75) is 12.8 Å². The number of hydrogen-bond acceptors (Lipinski definition) is 2. The lowest BCUT2D eigenvalue weighted by atomic mass is 10.1. The number of aldehydes is 1. The van der Waals surface area contributed by atoms with Gasteiger partial charge in [0.15, 0.2) is 0 Å². The summed E-state index contributed by atoms with van der Waals surface area (Å²) in [7, 11) is 0. The summed E-state index contributed by atoms with van der Waals surface area (Å²) in [6.45, 7) is 0. The molecule has 0 spiro atoms. The van der Waals surface area contributed by atoms with Gasteiger partial charge in [-0.15, -0.1) is 0 Å². The number of carbonyl (C=O) groups excluding carboxylic acids is 1. The van der Waals surface area contributed by atoms with E-state index in [1.54, 1.807) is 24.3 Å². The Morgan fingerprint density at radius 3 is 2.80 bits per heavy atom. The van der Waals surface area contributed by atoms with E-state index < -0.39 is 5.97 Å². The van der Waals surface area contributed by atoms with E-state index in [1.807, 2.05) is 0 Å². The zero-order chi connectivity index (χ0) is 11.1. The zero-order valence-corrected chi connectivity index (χ0v) is 8.06. The molecule has 0 amide bonds. The summed E-state index contributed by atoms with van der Waals surface area (Å²) < 4.78 is 0. The highest BCUT2D eigenvalue weighted by atomic mass is 16.4. The molecule has 1 aromatic carbocycles. The van der Waals surface area contributed by atoms with Crippen LogP contribution < -0.4 is 0 Å². The van der Waals surface area contributed by atoms with Crippen molar-refractivity contribution in [3.63, 3.8) is 0 Å². The first-order valence-electron chi connectivity index (χ1n) is 4.46. The average molecular weight is 202 g/mol. The molecule has 0 fully saturated rings. The average Bonchev–Trinajstić information content (AvgIpc) is 2.20. The van der Waals surface area contributed by atoms with Gasteiger partial charge in [-0.1, -0.05) is 30.0 Å². The molecule has 0 radical (unpaired) electrons. The smallest absolute Gasteiger partial charge is 0.307 e. The van der Waals surface area contributed by atoms with Gasteiger partial charge in [-0.05, 0) is 11.6 Å². The number of aliphatic carboxylic acids is 1. The van der Waals surface area contributed by atoms with E-state index in [0.717, 1.165) is 0 Å². The van der Waals surface area contributed by atoms with E-state index in [4.69, 9.17) is 5.11 Å². The van der Waals surface area contributed by atoms with Crippen molar-refractivity contribution in [2.24, 2.45) is 0 Å². The fourth-order valence-corrected chi connectivity index (χ4v) is 1.15. The Labute approximate surface area is 87.7 Å². The zero-order valence-electron chi connectivity index (χ0n) is 8.06. The van der Waals surface area contributed by atoms with Crippen LogP contribution in [0, 0.1) is 11.8 Å². The summed E-state index contributed by atoms with van der Waals surface area (Å²) in [6, 6.07) is 7.02. The van der Waals surface area contributed by atoms with Crippen LogP contribution in [0.2, 0.25) is 0 Å². The van der Waals surface area contributed by atoms with Crippen LogP contribution in [-0.2, 0) is 16.0 Å². The molecule has 1 aromatic rings. The van der Waals surface area contributed by atoms with Crippen molar-refractivity contribution in [1.29, 1.82) is 0 Å². The lowest BCUT2D eigenvalue weighted by molar-refractivity contribution is -0.136. The molecule has 1 rings (SSSR count). The maximum absolute atomic E-state index is 10.5. The molecular formula is C12H10O3. The van der Waals surface area contributed by atoms with Gasteiger partial charge in [0.2, 0.25) is 0 Å². The van der Waals surface area contributed by atoms with Crippen LogP contribution in [0.5, 0.6) is 0 Å². The van der Waals surface area contributed by atoms with Crippen molar-refractivity contribution in [3.8, 4) is 11.8 Å². The Morgan fingerprint density at radius 2 is 2.13 bits per heavy atom. The third-order valence-corrected chi connectivity index (χ3v) is 1.77. The SMILES string of the molecule is O=CCC#Cc1ccccc1CC(=O)O. The molecule has 0 aliphatic heterocycles. The molecule has 0 unspecified atom stereocenters. The van der Waals surface area contributed by atoms with E-state index in [2.05, 4.69) is 11.8 Å². The van der Waals surface area contributed by atoms with Crippen LogP contribution in [0.1, 0.15) is 17.5 Å². The Kier molecular flexibility index (Phi) is 4.11. The third-order valence-electron chi connectivity index (χ3n) is 1.77. The molecule has 0 heterocycles. The van der Waals surface area contributed by atoms with E-state index in [-0.39, 0.29) is 12.8 Å². The number of carboxylic acids is 1. The van der Waals surface area contributed by atoms with Gasteiger partial charge in [0, 0.05) is 5.56 Å². The number of hydrogen-bond donors (Lipinski definition) is 1. The lowest BCUT2D eigenvalue weighted by Crippen LogP contribution is -2.01. The summed E-state index contributed by atoms with van der Waals surface area (Å²) in [4.78, 5) is 20.6. The topological polar surface area (TPSA) is 54.4 Å². The standard InChI is InChI=1S/C12H10O3/c13-8-4-3-6-10-5-1-2-7-11(10)9-12(14)15/h1-2,5,7-8H,4,9H2,(H,14,15). The fraction of sp³-hybridized carbons (Fsp3) is 0.167. The van der Waals surface area contributed by atoms with Gasteiger partial charge in [-0.25, -0.2) is 0 Å².